The van der Waals surface area contributed by atoms with Crippen LogP contribution in [-0.4, -0.2) is 60.8 Å². The van der Waals surface area contributed by atoms with Crippen LogP contribution in [0.15, 0.2) is 24.3 Å². The predicted octanol–water partition coefficient (Wildman–Crippen LogP) is 2.17. The highest BCUT2D eigenvalue weighted by Gasteiger charge is 2.33. The quantitative estimate of drug-likeness (QED) is 0.783. The Labute approximate surface area is 157 Å². The van der Waals surface area contributed by atoms with E-state index in [9.17, 15) is 9.90 Å². The molecule has 1 atom stereocenters. The topological polar surface area (TPSA) is 55.8 Å². The van der Waals surface area contributed by atoms with Crippen molar-refractivity contribution >= 4 is 11.6 Å². The van der Waals surface area contributed by atoms with E-state index in [1.54, 1.807) is 0 Å². The molecule has 0 spiro atoms. The predicted molar refractivity (Wildman–Crippen MR) is 105 cm³/mol. The Morgan fingerprint density at radius 3 is 2.62 bits per heavy atom. The number of nitrogens with zero attached hydrogens (tertiary/aromatic N) is 2. The summed E-state index contributed by atoms with van der Waals surface area (Å²) < 4.78 is 0. The summed E-state index contributed by atoms with van der Waals surface area (Å²) in [5.74, 6) is 0.608. The monoisotopic (exact) mass is 359 g/mol. The molecule has 26 heavy (non-hydrogen) atoms. The van der Waals surface area contributed by atoms with Gasteiger partial charge in [0.25, 0.3) is 0 Å². The van der Waals surface area contributed by atoms with Gasteiger partial charge in [-0.15, -0.1) is 0 Å². The lowest BCUT2D eigenvalue weighted by Crippen LogP contribution is -2.49. The highest BCUT2D eigenvalue weighted by Crippen LogP contribution is 2.31. The average Bonchev–Trinajstić information content (AvgIpc) is 2.62. The van der Waals surface area contributed by atoms with Crippen LogP contribution in [-0.2, 0) is 4.79 Å². The Bertz CT molecular complexity index is 593. The maximum Gasteiger partial charge on any atom is 0.221 e. The van der Waals surface area contributed by atoms with Crippen LogP contribution in [0.3, 0.4) is 0 Å². The molecule has 3 rings (SSSR count). The van der Waals surface area contributed by atoms with Gasteiger partial charge in [0.2, 0.25) is 5.91 Å². The molecule has 2 fully saturated rings. The number of rotatable bonds is 7. The van der Waals surface area contributed by atoms with Crippen molar-refractivity contribution in [1.82, 2.24) is 10.2 Å². The normalized spacial score (nSPS) is 24.8. The third kappa shape index (κ3) is 4.98. The van der Waals surface area contributed by atoms with Gasteiger partial charge in [-0.1, -0.05) is 19.1 Å². The molecule has 0 radical (unpaired) electrons. The summed E-state index contributed by atoms with van der Waals surface area (Å²) >= 11 is 0. The number of aliphatic hydroxyl groups excluding tert-OH is 1. The first kappa shape index (κ1) is 19.2. The minimum Gasteiger partial charge on any atom is -0.393 e. The first-order valence-electron chi connectivity index (χ1n) is 10.1. The minimum atomic E-state index is -0.157. The molecule has 1 aromatic carbocycles. The Hall–Kier alpha value is -1.59. The van der Waals surface area contributed by atoms with E-state index in [-0.39, 0.29) is 18.1 Å². The van der Waals surface area contributed by atoms with Crippen LogP contribution in [0.25, 0.3) is 0 Å². The molecule has 1 amide bonds. The van der Waals surface area contributed by atoms with Crippen LogP contribution in [0, 0.1) is 12.8 Å². The van der Waals surface area contributed by atoms with Crippen LogP contribution in [0.1, 0.15) is 38.2 Å². The number of hydrogen-bond acceptors (Lipinski definition) is 4. The number of aryl methyl sites for hydroxylation is 1. The fraction of sp³-hybridized carbons (Fsp3) is 0.667. The van der Waals surface area contributed by atoms with E-state index in [1.165, 1.54) is 11.3 Å². The maximum absolute atomic E-state index is 12.3. The molecule has 1 aromatic rings. The second-order valence-corrected chi connectivity index (χ2v) is 7.89. The highest BCUT2D eigenvalue weighted by atomic mass is 16.3. The van der Waals surface area contributed by atoms with E-state index in [2.05, 4.69) is 53.2 Å². The molecule has 0 bridgehead atoms. The maximum atomic E-state index is 12.3. The molecule has 5 heteroatoms. The molecule has 1 heterocycles. The third-order valence-corrected chi connectivity index (χ3v) is 5.90. The first-order valence-corrected chi connectivity index (χ1v) is 10.1. The van der Waals surface area contributed by atoms with Gasteiger partial charge in [-0.05, 0) is 49.8 Å². The van der Waals surface area contributed by atoms with Gasteiger partial charge in [0.1, 0.15) is 0 Å². The fourth-order valence-electron chi connectivity index (χ4n) is 4.10. The largest absolute Gasteiger partial charge is 0.393 e. The van der Waals surface area contributed by atoms with Crippen molar-refractivity contribution in [3.05, 3.63) is 29.8 Å². The molecule has 1 saturated carbocycles. The SMILES string of the molecule is CC[C@H](NC(=O)CCN1CCN(c2cccc(C)c2)CC1)C1CC(O)C1. The number of aliphatic hydroxyl groups is 1. The lowest BCUT2D eigenvalue weighted by molar-refractivity contribution is -0.123. The number of anilines is 1. The molecule has 0 aromatic heterocycles. The second-order valence-electron chi connectivity index (χ2n) is 7.89. The van der Waals surface area contributed by atoms with E-state index >= 15 is 0 Å². The standard InChI is InChI=1S/C21H33N3O2/c1-3-20(17-14-19(25)15-17)22-21(26)7-8-23-9-11-24(12-10-23)18-6-4-5-16(2)13-18/h4-6,13,17,19-20,25H,3,7-12,14-15H2,1-2H3,(H,22,26)/t17?,19?,20-/m0/s1. The molecule has 5 nitrogen and oxygen atoms in total. The van der Waals surface area contributed by atoms with E-state index in [1.807, 2.05) is 0 Å². The zero-order valence-corrected chi connectivity index (χ0v) is 16.2. The third-order valence-electron chi connectivity index (χ3n) is 5.90. The zero-order chi connectivity index (χ0) is 18.5. The van der Waals surface area contributed by atoms with Crippen LogP contribution in [0.5, 0.6) is 0 Å². The van der Waals surface area contributed by atoms with Gasteiger partial charge in [0.15, 0.2) is 0 Å². The molecule has 1 saturated heterocycles. The number of carbonyl (C=O) groups excluding carboxylic acids is 1. The number of hydrogen-bond donors (Lipinski definition) is 2. The van der Waals surface area contributed by atoms with Crippen molar-refractivity contribution in [3.63, 3.8) is 0 Å². The Balaban J connectivity index is 1.37. The van der Waals surface area contributed by atoms with Gasteiger partial charge < -0.3 is 15.3 Å². The molecule has 1 aliphatic heterocycles. The molecule has 0 unspecified atom stereocenters. The number of benzene rings is 1. The number of nitrogens with one attached hydrogen (secondary N) is 1. The second kappa shape index (κ2) is 8.87. The number of piperazine rings is 1. The fourth-order valence-corrected chi connectivity index (χ4v) is 4.10. The van der Waals surface area contributed by atoms with E-state index in [0.29, 0.717) is 12.3 Å². The van der Waals surface area contributed by atoms with Crippen molar-refractivity contribution in [2.24, 2.45) is 5.92 Å². The summed E-state index contributed by atoms with van der Waals surface area (Å²) in [5, 5.41) is 12.6. The summed E-state index contributed by atoms with van der Waals surface area (Å²) in [6, 6.07) is 8.90. The van der Waals surface area contributed by atoms with Crippen LogP contribution in [0.2, 0.25) is 0 Å². The van der Waals surface area contributed by atoms with Gasteiger partial charge >= 0.3 is 0 Å². The molecule has 2 aliphatic rings. The van der Waals surface area contributed by atoms with Gasteiger partial charge in [-0.2, -0.15) is 0 Å². The smallest absolute Gasteiger partial charge is 0.221 e. The van der Waals surface area contributed by atoms with Gasteiger partial charge in [0, 0.05) is 50.9 Å². The van der Waals surface area contributed by atoms with E-state index in [0.717, 1.165) is 52.0 Å². The molecular weight excluding hydrogens is 326 g/mol. The Morgan fingerprint density at radius 2 is 2.00 bits per heavy atom. The van der Waals surface area contributed by atoms with E-state index in [4.69, 9.17) is 0 Å². The number of carbonyl (C=O) groups is 1. The van der Waals surface area contributed by atoms with Gasteiger partial charge in [0.05, 0.1) is 6.10 Å². The van der Waals surface area contributed by atoms with Gasteiger partial charge in [-0.25, -0.2) is 0 Å². The summed E-state index contributed by atoms with van der Waals surface area (Å²) in [4.78, 5) is 17.1. The Kier molecular flexibility index (Phi) is 6.54. The summed E-state index contributed by atoms with van der Waals surface area (Å²) in [5.41, 5.74) is 2.60. The molecular formula is C21H33N3O2. The molecule has 144 valence electrons. The highest BCUT2D eigenvalue weighted by molar-refractivity contribution is 5.76. The minimum absolute atomic E-state index is 0.152. The van der Waals surface area contributed by atoms with Crippen LogP contribution >= 0.6 is 0 Å². The Morgan fingerprint density at radius 1 is 1.27 bits per heavy atom. The first-order chi connectivity index (χ1) is 12.5. The van der Waals surface area contributed by atoms with E-state index < -0.39 is 0 Å². The molecule has 1 aliphatic carbocycles. The van der Waals surface area contributed by atoms with Crippen molar-refractivity contribution in [2.75, 3.05) is 37.6 Å². The van der Waals surface area contributed by atoms with Crippen LogP contribution in [0.4, 0.5) is 5.69 Å². The van der Waals surface area contributed by atoms with Crippen molar-refractivity contribution in [2.45, 2.75) is 51.7 Å². The van der Waals surface area contributed by atoms with Gasteiger partial charge in [-0.3, -0.25) is 9.69 Å². The lowest BCUT2D eigenvalue weighted by Gasteiger charge is -2.38. The zero-order valence-electron chi connectivity index (χ0n) is 16.2. The summed E-state index contributed by atoms with van der Waals surface area (Å²) in [7, 11) is 0. The average molecular weight is 360 g/mol. The molecule has 2 N–H and O–H groups in total. The summed E-state index contributed by atoms with van der Waals surface area (Å²) in [6.45, 7) is 9.12. The summed E-state index contributed by atoms with van der Waals surface area (Å²) in [6.07, 6.45) is 3.02. The lowest BCUT2D eigenvalue weighted by atomic mass is 9.76. The van der Waals surface area contributed by atoms with Crippen molar-refractivity contribution < 1.29 is 9.90 Å². The van der Waals surface area contributed by atoms with Crippen LogP contribution < -0.4 is 10.2 Å². The number of amides is 1. The van der Waals surface area contributed by atoms with Crippen molar-refractivity contribution in [3.8, 4) is 0 Å². The van der Waals surface area contributed by atoms with Crippen molar-refractivity contribution in [1.29, 1.82) is 0 Å².